The largest absolute Gasteiger partial charge is 0.478 e. The molecule has 0 saturated carbocycles. The van der Waals surface area contributed by atoms with Crippen LogP contribution in [0.4, 0.5) is 0 Å². The Morgan fingerprint density at radius 2 is 1.42 bits per heavy atom. The first-order chi connectivity index (χ1) is 16.2. The van der Waals surface area contributed by atoms with Crippen molar-refractivity contribution in [2.45, 2.75) is 19.4 Å². The van der Waals surface area contributed by atoms with Crippen LogP contribution in [-0.2, 0) is 5.60 Å². The van der Waals surface area contributed by atoms with Gasteiger partial charge in [-0.1, -0.05) is 78.9 Å². The normalized spacial score (nSPS) is 17.5. The highest BCUT2D eigenvalue weighted by Crippen LogP contribution is 2.48. The van der Waals surface area contributed by atoms with E-state index >= 15 is 0 Å². The molecule has 2 heteroatoms. The minimum Gasteiger partial charge on any atom is -0.478 e. The maximum atomic E-state index is 6.81. The molecule has 0 saturated heterocycles. The van der Waals surface area contributed by atoms with E-state index in [0.717, 1.165) is 27.9 Å². The maximum absolute atomic E-state index is 6.81. The van der Waals surface area contributed by atoms with E-state index in [0.29, 0.717) is 0 Å². The fourth-order valence-corrected chi connectivity index (χ4v) is 5.03. The molecule has 160 valence electrons. The molecule has 5 aromatic rings. The monoisotopic (exact) mass is 427 g/mol. The zero-order chi connectivity index (χ0) is 22.4. The van der Waals surface area contributed by atoms with Gasteiger partial charge >= 0.3 is 0 Å². The summed E-state index contributed by atoms with van der Waals surface area (Å²) in [5.41, 5.74) is 7.55. The SMILES string of the molecule is C/C=C\C=C/C1(C)Oc2ccccc2-c2cc3c(cc2-c2ccccc21)[nH]c1ccccc13. The number of hydrogen-bond acceptors (Lipinski definition) is 1. The van der Waals surface area contributed by atoms with E-state index in [1.165, 1.54) is 27.5 Å². The zero-order valence-corrected chi connectivity index (χ0v) is 18.8. The number of rotatable bonds is 2. The Bertz CT molecular complexity index is 1570. The molecule has 0 fully saturated rings. The summed E-state index contributed by atoms with van der Waals surface area (Å²) in [6.45, 7) is 4.17. The first-order valence-corrected chi connectivity index (χ1v) is 11.4. The highest BCUT2D eigenvalue weighted by Gasteiger charge is 2.33. The molecular formula is C31H25NO. The van der Waals surface area contributed by atoms with Gasteiger partial charge in [-0.2, -0.15) is 0 Å². The first kappa shape index (κ1) is 19.6. The van der Waals surface area contributed by atoms with Crippen molar-refractivity contribution in [3.05, 3.63) is 115 Å². The predicted octanol–water partition coefficient (Wildman–Crippen LogP) is 8.40. The van der Waals surface area contributed by atoms with Crippen LogP contribution in [0.2, 0.25) is 0 Å². The van der Waals surface area contributed by atoms with Gasteiger partial charge in [-0.3, -0.25) is 0 Å². The maximum Gasteiger partial charge on any atom is 0.150 e. The van der Waals surface area contributed by atoms with Crippen molar-refractivity contribution in [3.63, 3.8) is 0 Å². The Kier molecular flexibility index (Phi) is 4.48. The second kappa shape index (κ2) is 7.53. The van der Waals surface area contributed by atoms with Crippen molar-refractivity contribution < 1.29 is 4.74 Å². The van der Waals surface area contributed by atoms with Crippen LogP contribution in [0.5, 0.6) is 5.75 Å². The number of benzene rings is 4. The van der Waals surface area contributed by atoms with E-state index in [4.69, 9.17) is 4.74 Å². The predicted molar refractivity (Wildman–Crippen MR) is 139 cm³/mol. The zero-order valence-electron chi connectivity index (χ0n) is 18.8. The molecule has 33 heavy (non-hydrogen) atoms. The number of fused-ring (bicyclic) bond motifs is 8. The quantitative estimate of drug-likeness (QED) is 0.281. The Morgan fingerprint density at radius 1 is 0.697 bits per heavy atom. The number of nitrogens with one attached hydrogen (secondary N) is 1. The number of allylic oxidation sites excluding steroid dienone is 3. The molecule has 1 atom stereocenters. The van der Waals surface area contributed by atoms with Crippen molar-refractivity contribution in [2.75, 3.05) is 0 Å². The Balaban J connectivity index is 1.73. The number of ether oxygens (including phenoxy) is 1. The van der Waals surface area contributed by atoms with Crippen molar-refractivity contribution in [1.82, 2.24) is 4.98 Å². The van der Waals surface area contributed by atoms with Gasteiger partial charge in [0.15, 0.2) is 5.60 Å². The summed E-state index contributed by atoms with van der Waals surface area (Å²) in [5.74, 6) is 0.889. The minimum atomic E-state index is -0.612. The van der Waals surface area contributed by atoms with Crippen LogP contribution in [0.3, 0.4) is 0 Å². The number of aromatic amines is 1. The van der Waals surface area contributed by atoms with Gasteiger partial charge in [0.1, 0.15) is 5.75 Å². The second-order valence-corrected chi connectivity index (χ2v) is 8.75. The summed E-state index contributed by atoms with van der Waals surface area (Å²) in [4.78, 5) is 3.63. The number of H-pyrrole nitrogens is 1. The van der Waals surface area contributed by atoms with E-state index in [9.17, 15) is 0 Å². The minimum absolute atomic E-state index is 0.612. The van der Waals surface area contributed by atoms with E-state index in [1.807, 2.05) is 25.1 Å². The molecule has 4 aromatic carbocycles. The fourth-order valence-electron chi connectivity index (χ4n) is 5.03. The Hall–Kier alpha value is -4.04. The van der Waals surface area contributed by atoms with Gasteiger partial charge in [0, 0.05) is 32.9 Å². The lowest BCUT2D eigenvalue weighted by atomic mass is 9.82. The first-order valence-electron chi connectivity index (χ1n) is 11.4. The molecule has 1 aromatic heterocycles. The van der Waals surface area contributed by atoms with Crippen LogP contribution in [0, 0.1) is 0 Å². The second-order valence-electron chi connectivity index (χ2n) is 8.75. The number of aromatic nitrogens is 1. The average molecular weight is 428 g/mol. The molecule has 0 radical (unpaired) electrons. The highest BCUT2D eigenvalue weighted by atomic mass is 16.5. The molecule has 1 N–H and O–H groups in total. The fraction of sp³-hybridized carbons (Fsp3) is 0.0968. The van der Waals surface area contributed by atoms with Crippen LogP contribution >= 0.6 is 0 Å². The molecule has 0 amide bonds. The molecule has 0 spiro atoms. The van der Waals surface area contributed by atoms with Gasteiger partial charge in [-0.15, -0.1) is 0 Å². The summed E-state index contributed by atoms with van der Waals surface area (Å²) in [6, 6.07) is 30.1. The third-order valence-electron chi connectivity index (χ3n) is 6.61. The topological polar surface area (TPSA) is 25.0 Å². The van der Waals surface area contributed by atoms with E-state index < -0.39 is 5.60 Å². The van der Waals surface area contributed by atoms with E-state index in [1.54, 1.807) is 0 Å². The Morgan fingerprint density at radius 3 is 2.30 bits per heavy atom. The van der Waals surface area contributed by atoms with Gasteiger partial charge in [-0.25, -0.2) is 0 Å². The summed E-state index contributed by atoms with van der Waals surface area (Å²) in [6.07, 6.45) is 8.30. The van der Waals surface area contributed by atoms with Gasteiger partial charge in [0.2, 0.25) is 0 Å². The van der Waals surface area contributed by atoms with Crippen molar-refractivity contribution in [2.24, 2.45) is 0 Å². The number of para-hydroxylation sites is 2. The van der Waals surface area contributed by atoms with Gasteiger partial charge in [0.25, 0.3) is 0 Å². The summed E-state index contributed by atoms with van der Waals surface area (Å²) >= 11 is 0. The molecule has 0 bridgehead atoms. The third-order valence-corrected chi connectivity index (χ3v) is 6.61. The summed E-state index contributed by atoms with van der Waals surface area (Å²) < 4.78 is 6.81. The van der Waals surface area contributed by atoms with Gasteiger partial charge < -0.3 is 9.72 Å². The van der Waals surface area contributed by atoms with Crippen molar-refractivity contribution >= 4 is 21.8 Å². The van der Waals surface area contributed by atoms with E-state index in [2.05, 4.69) is 103 Å². The molecule has 0 aliphatic carbocycles. The van der Waals surface area contributed by atoms with Crippen LogP contribution < -0.4 is 4.74 Å². The molecule has 1 aliphatic heterocycles. The lowest BCUT2D eigenvalue weighted by Gasteiger charge is -2.34. The van der Waals surface area contributed by atoms with Crippen molar-refractivity contribution in [3.8, 4) is 28.0 Å². The van der Waals surface area contributed by atoms with Gasteiger partial charge in [0.05, 0.1) is 0 Å². The number of hydrogen-bond donors (Lipinski definition) is 1. The lowest BCUT2D eigenvalue weighted by Crippen LogP contribution is -2.29. The molecule has 1 aliphatic rings. The average Bonchev–Trinajstić information content (AvgIpc) is 3.21. The summed E-state index contributed by atoms with van der Waals surface area (Å²) in [5, 5.41) is 2.47. The summed E-state index contributed by atoms with van der Waals surface area (Å²) in [7, 11) is 0. The molecule has 1 unspecified atom stereocenters. The van der Waals surface area contributed by atoms with Crippen molar-refractivity contribution in [1.29, 1.82) is 0 Å². The molecule has 6 rings (SSSR count). The Labute approximate surface area is 193 Å². The molecular weight excluding hydrogens is 402 g/mol. The standard InChI is InChI=1S/C31H25NO/c1-3-4-11-18-31(2)27-15-8-5-12-21(27)25-20-29-26(22-13-6-9-16-28(22)32-29)19-24(25)23-14-7-10-17-30(23)33-31/h3-20,32H,1-2H3/b4-3-,18-11-. The molecule has 2 nitrogen and oxygen atoms in total. The van der Waals surface area contributed by atoms with Gasteiger partial charge in [-0.05, 0) is 60.9 Å². The van der Waals surface area contributed by atoms with E-state index in [-0.39, 0.29) is 0 Å². The smallest absolute Gasteiger partial charge is 0.150 e. The third kappa shape index (κ3) is 3.10. The van der Waals surface area contributed by atoms with Crippen LogP contribution in [0.25, 0.3) is 44.1 Å². The van der Waals surface area contributed by atoms with Crippen LogP contribution in [-0.4, -0.2) is 4.98 Å². The van der Waals surface area contributed by atoms with Crippen LogP contribution in [0.1, 0.15) is 19.4 Å². The lowest BCUT2D eigenvalue weighted by molar-refractivity contribution is 0.142. The molecule has 2 heterocycles. The highest BCUT2D eigenvalue weighted by molar-refractivity contribution is 6.11. The van der Waals surface area contributed by atoms with Crippen LogP contribution in [0.15, 0.2) is 109 Å².